The van der Waals surface area contributed by atoms with Crippen molar-refractivity contribution in [3.63, 3.8) is 0 Å². The van der Waals surface area contributed by atoms with Crippen LogP contribution in [-0.4, -0.2) is 10.9 Å². The Labute approximate surface area is 136 Å². The molecule has 0 unspecified atom stereocenters. The largest absolute Gasteiger partial charge is 0.389 e. The highest BCUT2D eigenvalue weighted by Gasteiger charge is 2.13. The Morgan fingerprint density at radius 2 is 2.00 bits per heavy atom. The Morgan fingerprint density at radius 3 is 2.53 bits per heavy atom. The van der Waals surface area contributed by atoms with E-state index in [1.807, 2.05) is 11.4 Å². The van der Waals surface area contributed by atoms with Crippen molar-refractivity contribution >= 4 is 72.0 Å². The molecule has 1 amide bonds. The molecule has 0 saturated carbocycles. The molecule has 2 aromatic rings. The van der Waals surface area contributed by atoms with Crippen LogP contribution >= 0.6 is 55.4 Å². The summed E-state index contributed by atoms with van der Waals surface area (Å²) in [6.45, 7) is 0. The predicted molar refractivity (Wildman–Crippen MR) is 90.0 cm³/mol. The number of benzene rings is 1. The number of hydrogen-bond acceptors (Lipinski definition) is 3. The van der Waals surface area contributed by atoms with Gasteiger partial charge in [-0.2, -0.15) is 0 Å². The maximum absolute atomic E-state index is 12.1. The van der Waals surface area contributed by atoms with E-state index in [2.05, 4.69) is 37.2 Å². The average molecular weight is 420 g/mol. The first-order chi connectivity index (χ1) is 8.99. The van der Waals surface area contributed by atoms with Gasteiger partial charge in [-0.3, -0.25) is 4.79 Å². The molecule has 0 aliphatic heterocycles. The van der Waals surface area contributed by atoms with Gasteiger partial charge in [0.25, 0.3) is 5.91 Å². The average Bonchev–Trinajstić information content (AvgIpc) is 2.77. The van der Waals surface area contributed by atoms with Gasteiger partial charge in [0.15, 0.2) is 0 Å². The molecule has 2 rings (SSSR count). The second kappa shape index (κ2) is 6.13. The van der Waals surface area contributed by atoms with Crippen LogP contribution in [0.4, 0.5) is 5.69 Å². The number of thiophene rings is 1. The van der Waals surface area contributed by atoms with Crippen LogP contribution in [0.25, 0.3) is 0 Å². The zero-order valence-electron chi connectivity index (χ0n) is 9.44. The fraction of sp³-hybridized carbons (Fsp3) is 0. The summed E-state index contributed by atoms with van der Waals surface area (Å²) in [6, 6.07) is 7.15. The molecule has 0 fully saturated rings. The third kappa shape index (κ3) is 3.42. The van der Waals surface area contributed by atoms with Crippen LogP contribution in [0.3, 0.4) is 0 Å². The number of nitrogens with one attached hydrogen (secondary N) is 1. The summed E-state index contributed by atoms with van der Waals surface area (Å²) in [7, 11) is 0. The predicted octanol–water partition coefficient (Wildman–Crippen LogP) is 4.16. The van der Waals surface area contributed by atoms with E-state index in [1.54, 1.807) is 18.2 Å². The van der Waals surface area contributed by atoms with Crippen LogP contribution in [0.1, 0.15) is 15.2 Å². The van der Waals surface area contributed by atoms with E-state index in [1.165, 1.54) is 11.3 Å². The molecule has 0 aliphatic carbocycles. The molecule has 0 aliphatic rings. The zero-order valence-corrected chi connectivity index (χ0v) is 14.2. The van der Waals surface area contributed by atoms with Gasteiger partial charge in [0.1, 0.15) is 9.87 Å². The van der Waals surface area contributed by atoms with E-state index in [9.17, 15) is 4.79 Å². The van der Waals surface area contributed by atoms with E-state index in [-0.39, 0.29) is 5.91 Å². The maximum atomic E-state index is 12.1. The van der Waals surface area contributed by atoms with E-state index in [4.69, 9.17) is 18.0 Å². The summed E-state index contributed by atoms with van der Waals surface area (Å²) in [5.41, 5.74) is 6.97. The Kier molecular flexibility index (Phi) is 4.72. The van der Waals surface area contributed by atoms with Gasteiger partial charge in [-0.05, 0) is 61.5 Å². The number of thiocarbonyl (C=S) groups is 1. The molecule has 3 N–H and O–H groups in total. The summed E-state index contributed by atoms with van der Waals surface area (Å²) in [4.78, 5) is 13.0. The van der Waals surface area contributed by atoms with Crippen LogP contribution in [0.5, 0.6) is 0 Å². The maximum Gasteiger partial charge on any atom is 0.266 e. The fourth-order valence-electron chi connectivity index (χ4n) is 1.40. The molecule has 0 atom stereocenters. The minimum atomic E-state index is -0.161. The lowest BCUT2D eigenvalue weighted by Crippen LogP contribution is -2.13. The Bertz CT molecular complexity index is 655. The van der Waals surface area contributed by atoms with E-state index >= 15 is 0 Å². The van der Waals surface area contributed by atoms with Crippen molar-refractivity contribution in [3.8, 4) is 0 Å². The Morgan fingerprint density at radius 1 is 1.26 bits per heavy atom. The Balaban J connectivity index is 2.23. The van der Waals surface area contributed by atoms with Gasteiger partial charge < -0.3 is 11.1 Å². The third-order valence-corrected chi connectivity index (χ3v) is 5.05. The molecule has 0 saturated heterocycles. The standard InChI is InChI=1S/C12H8Br2N2OS2/c13-7-3-4-19-10(7)12(17)16-9-2-1-6(11(15)18)5-8(9)14/h1-5H,(H2,15,18)(H,16,17). The van der Waals surface area contributed by atoms with Gasteiger partial charge in [-0.25, -0.2) is 0 Å². The second-order valence-corrected chi connectivity index (χ2v) is 6.68. The monoisotopic (exact) mass is 418 g/mol. The van der Waals surface area contributed by atoms with Crippen molar-refractivity contribution < 1.29 is 4.79 Å². The smallest absolute Gasteiger partial charge is 0.266 e. The van der Waals surface area contributed by atoms with Gasteiger partial charge in [-0.15, -0.1) is 11.3 Å². The van der Waals surface area contributed by atoms with Gasteiger partial charge in [0.05, 0.1) is 5.69 Å². The van der Waals surface area contributed by atoms with Gasteiger partial charge in [-0.1, -0.05) is 12.2 Å². The van der Waals surface area contributed by atoms with Crippen LogP contribution in [0, 0.1) is 0 Å². The zero-order chi connectivity index (χ0) is 14.0. The molecule has 0 spiro atoms. The first-order valence-electron chi connectivity index (χ1n) is 5.12. The van der Waals surface area contributed by atoms with Crippen LogP contribution < -0.4 is 11.1 Å². The molecule has 1 aromatic carbocycles. The number of hydrogen-bond donors (Lipinski definition) is 2. The molecular weight excluding hydrogens is 412 g/mol. The van der Waals surface area contributed by atoms with Crippen LogP contribution in [-0.2, 0) is 0 Å². The lowest BCUT2D eigenvalue weighted by atomic mass is 10.2. The Hall–Kier alpha value is -0.760. The normalized spacial score (nSPS) is 10.2. The fourth-order valence-corrected chi connectivity index (χ4v) is 3.46. The summed E-state index contributed by atoms with van der Waals surface area (Å²) in [5, 5.41) is 4.68. The molecule has 1 heterocycles. The minimum Gasteiger partial charge on any atom is -0.389 e. The molecule has 7 heteroatoms. The lowest BCUT2D eigenvalue weighted by molar-refractivity contribution is 0.103. The second-order valence-electron chi connectivity index (χ2n) is 3.61. The summed E-state index contributed by atoms with van der Waals surface area (Å²) < 4.78 is 1.52. The minimum absolute atomic E-state index is 0.161. The quantitative estimate of drug-likeness (QED) is 0.734. The highest BCUT2D eigenvalue weighted by Crippen LogP contribution is 2.27. The van der Waals surface area contributed by atoms with E-state index < -0.39 is 0 Å². The van der Waals surface area contributed by atoms with Crippen molar-refractivity contribution in [2.45, 2.75) is 0 Å². The van der Waals surface area contributed by atoms with Gasteiger partial charge >= 0.3 is 0 Å². The number of carbonyl (C=O) groups excluding carboxylic acids is 1. The summed E-state index contributed by atoms with van der Waals surface area (Å²) in [5.74, 6) is -0.161. The number of amides is 1. The van der Waals surface area contributed by atoms with Crippen molar-refractivity contribution in [1.82, 2.24) is 0 Å². The number of carbonyl (C=O) groups is 1. The molecule has 3 nitrogen and oxygen atoms in total. The molecular formula is C12H8Br2N2OS2. The molecule has 1 aromatic heterocycles. The van der Waals surface area contributed by atoms with Crippen molar-refractivity contribution in [2.24, 2.45) is 5.73 Å². The van der Waals surface area contributed by atoms with Crippen molar-refractivity contribution in [2.75, 3.05) is 5.32 Å². The number of anilines is 1. The highest BCUT2D eigenvalue weighted by molar-refractivity contribution is 9.11. The first kappa shape index (κ1) is 14.6. The van der Waals surface area contributed by atoms with Gasteiger partial charge in [0.2, 0.25) is 0 Å². The van der Waals surface area contributed by atoms with Crippen LogP contribution in [0.15, 0.2) is 38.6 Å². The van der Waals surface area contributed by atoms with Crippen molar-refractivity contribution in [1.29, 1.82) is 0 Å². The molecule has 98 valence electrons. The highest BCUT2D eigenvalue weighted by atomic mass is 79.9. The number of nitrogens with two attached hydrogens (primary N) is 1. The molecule has 0 bridgehead atoms. The van der Waals surface area contributed by atoms with E-state index in [0.717, 1.165) is 14.5 Å². The molecule has 0 radical (unpaired) electrons. The lowest BCUT2D eigenvalue weighted by Gasteiger charge is -2.08. The first-order valence-corrected chi connectivity index (χ1v) is 8.00. The SMILES string of the molecule is NC(=S)c1ccc(NC(=O)c2sccc2Br)c(Br)c1. The molecule has 19 heavy (non-hydrogen) atoms. The third-order valence-electron chi connectivity index (χ3n) is 2.33. The number of rotatable bonds is 3. The number of halogens is 2. The van der Waals surface area contributed by atoms with Crippen LogP contribution in [0.2, 0.25) is 0 Å². The van der Waals surface area contributed by atoms with Gasteiger partial charge in [0, 0.05) is 14.5 Å². The summed E-state index contributed by atoms with van der Waals surface area (Å²) >= 11 is 13.0. The van der Waals surface area contributed by atoms with Crippen molar-refractivity contribution in [3.05, 3.63) is 49.0 Å². The van der Waals surface area contributed by atoms with E-state index in [0.29, 0.717) is 15.6 Å². The summed E-state index contributed by atoms with van der Waals surface area (Å²) in [6.07, 6.45) is 0. The topological polar surface area (TPSA) is 55.1 Å².